The fraction of sp³-hybridized carbons (Fsp3) is 0.609. The Balaban J connectivity index is 0.00000306. The highest BCUT2D eigenvalue weighted by Gasteiger charge is 2.27. The molecule has 0 spiro atoms. The van der Waals surface area contributed by atoms with E-state index in [4.69, 9.17) is 4.99 Å². The van der Waals surface area contributed by atoms with Crippen molar-refractivity contribution >= 4 is 35.6 Å². The number of aryl methyl sites for hydroxylation is 2. The number of rotatable bonds is 7. The van der Waals surface area contributed by atoms with Crippen molar-refractivity contribution in [1.29, 1.82) is 0 Å². The summed E-state index contributed by atoms with van der Waals surface area (Å²) in [5, 5.41) is 15.5. The fourth-order valence-electron chi connectivity index (χ4n) is 4.54. The number of hydrogen-bond acceptors (Lipinski definition) is 4. The third-order valence-corrected chi connectivity index (χ3v) is 6.14. The maximum atomic E-state index is 14.1. The second-order valence-electron chi connectivity index (χ2n) is 8.51. The summed E-state index contributed by atoms with van der Waals surface area (Å²) in [6.45, 7) is 5.61. The van der Waals surface area contributed by atoms with Crippen LogP contribution in [-0.2, 0) is 19.4 Å². The molecule has 4 rings (SSSR count). The lowest BCUT2D eigenvalue weighted by Crippen LogP contribution is -2.44. The normalized spacial score (nSPS) is 18.5. The van der Waals surface area contributed by atoms with Crippen LogP contribution in [0.5, 0.6) is 0 Å². The van der Waals surface area contributed by atoms with Crippen molar-refractivity contribution < 1.29 is 8.78 Å². The molecule has 1 aromatic heterocycles. The molecule has 0 aliphatic carbocycles. The topological polar surface area (TPSA) is 70.4 Å². The van der Waals surface area contributed by atoms with Gasteiger partial charge in [-0.05, 0) is 44.7 Å². The van der Waals surface area contributed by atoms with E-state index < -0.39 is 11.6 Å². The van der Waals surface area contributed by atoms with Crippen molar-refractivity contribution in [1.82, 2.24) is 25.4 Å². The third kappa shape index (κ3) is 6.54. The standard InChI is InChI=1S/C23H33F2N7.HI/c1-2-26-23(27-13-7-11-21-30-29-20-10-4-3-5-14-32(20)21)28-17-12-15-31(16-17)22-18(24)8-6-9-19(22)25;/h6,8-9,17H,2-5,7,10-16H2,1H3,(H2,26,27,28);1H. The number of halogens is 3. The van der Waals surface area contributed by atoms with Crippen LogP contribution in [0.1, 0.15) is 50.7 Å². The van der Waals surface area contributed by atoms with Gasteiger partial charge in [0, 0.05) is 51.6 Å². The van der Waals surface area contributed by atoms with Crippen molar-refractivity contribution in [2.24, 2.45) is 4.99 Å². The fourth-order valence-corrected chi connectivity index (χ4v) is 4.54. The van der Waals surface area contributed by atoms with E-state index >= 15 is 0 Å². The van der Waals surface area contributed by atoms with Crippen LogP contribution in [-0.4, -0.2) is 52.9 Å². The number of guanidine groups is 1. The van der Waals surface area contributed by atoms with Crippen LogP contribution in [0.25, 0.3) is 0 Å². The second kappa shape index (κ2) is 12.5. The van der Waals surface area contributed by atoms with E-state index in [1.807, 2.05) is 6.92 Å². The molecular formula is C23H34F2IN7. The predicted octanol–water partition coefficient (Wildman–Crippen LogP) is 3.67. The Hall–Kier alpha value is -1.98. The van der Waals surface area contributed by atoms with Crippen LogP contribution in [0.15, 0.2) is 23.2 Å². The van der Waals surface area contributed by atoms with Gasteiger partial charge in [0.2, 0.25) is 0 Å². The van der Waals surface area contributed by atoms with Crippen LogP contribution in [0, 0.1) is 11.6 Å². The molecule has 0 saturated carbocycles. The highest BCUT2D eigenvalue weighted by Crippen LogP contribution is 2.26. The summed E-state index contributed by atoms with van der Waals surface area (Å²) in [7, 11) is 0. The number of nitrogens with zero attached hydrogens (tertiary/aromatic N) is 5. The molecule has 0 bridgehead atoms. The Bertz CT molecular complexity index is 913. The third-order valence-electron chi connectivity index (χ3n) is 6.14. The minimum Gasteiger partial charge on any atom is -0.365 e. The molecule has 2 aliphatic heterocycles. The molecule has 1 aromatic carbocycles. The maximum Gasteiger partial charge on any atom is 0.191 e. The lowest BCUT2D eigenvalue weighted by atomic mass is 10.2. The minimum absolute atomic E-state index is 0. The first-order chi connectivity index (χ1) is 15.7. The van der Waals surface area contributed by atoms with E-state index in [2.05, 4.69) is 25.4 Å². The number of nitrogens with one attached hydrogen (secondary N) is 2. The zero-order valence-electron chi connectivity index (χ0n) is 19.2. The van der Waals surface area contributed by atoms with E-state index in [1.165, 1.54) is 37.5 Å². The van der Waals surface area contributed by atoms with E-state index in [1.54, 1.807) is 4.90 Å². The highest BCUT2D eigenvalue weighted by molar-refractivity contribution is 14.0. The minimum atomic E-state index is -0.516. The molecule has 2 N–H and O–H groups in total. The number of aromatic nitrogens is 3. The van der Waals surface area contributed by atoms with Crippen molar-refractivity contribution in [2.75, 3.05) is 31.1 Å². The first-order valence-electron chi connectivity index (χ1n) is 11.8. The summed E-state index contributed by atoms with van der Waals surface area (Å²) in [6.07, 6.45) is 7.22. The van der Waals surface area contributed by atoms with Crippen LogP contribution in [0.4, 0.5) is 14.5 Å². The highest BCUT2D eigenvalue weighted by atomic mass is 127. The number of aliphatic imine (C=N–C) groups is 1. The molecule has 1 fully saturated rings. The maximum absolute atomic E-state index is 14.1. The van der Waals surface area contributed by atoms with Gasteiger partial charge in [-0.3, -0.25) is 4.99 Å². The van der Waals surface area contributed by atoms with Crippen molar-refractivity contribution in [3.05, 3.63) is 41.5 Å². The first kappa shape index (κ1) is 25.6. The molecule has 33 heavy (non-hydrogen) atoms. The number of hydrogen-bond donors (Lipinski definition) is 2. The molecular weight excluding hydrogens is 539 g/mol. The van der Waals surface area contributed by atoms with Gasteiger partial charge < -0.3 is 20.1 Å². The summed E-state index contributed by atoms with van der Waals surface area (Å²) in [5.74, 6) is 1.89. The van der Waals surface area contributed by atoms with Crippen molar-refractivity contribution in [2.45, 2.75) is 64.5 Å². The lowest BCUT2D eigenvalue weighted by molar-refractivity contribution is 0.575. The molecule has 182 valence electrons. The molecule has 2 aromatic rings. The Labute approximate surface area is 211 Å². The van der Waals surface area contributed by atoms with E-state index in [0.717, 1.165) is 56.4 Å². The molecule has 0 amide bonds. The van der Waals surface area contributed by atoms with Crippen LogP contribution < -0.4 is 15.5 Å². The Morgan fingerprint density at radius 2 is 1.97 bits per heavy atom. The number of fused-ring (bicyclic) bond motifs is 1. The summed E-state index contributed by atoms with van der Waals surface area (Å²) in [5.41, 5.74) is 0.0613. The zero-order chi connectivity index (χ0) is 22.3. The Morgan fingerprint density at radius 1 is 1.15 bits per heavy atom. The monoisotopic (exact) mass is 573 g/mol. The smallest absolute Gasteiger partial charge is 0.191 e. The zero-order valence-corrected chi connectivity index (χ0v) is 21.5. The van der Waals surface area contributed by atoms with Crippen LogP contribution in [0.2, 0.25) is 0 Å². The van der Waals surface area contributed by atoms with Gasteiger partial charge in [-0.25, -0.2) is 8.78 Å². The van der Waals surface area contributed by atoms with Crippen LogP contribution >= 0.6 is 24.0 Å². The molecule has 2 aliphatic rings. The van der Waals surface area contributed by atoms with Gasteiger partial charge in [0.1, 0.15) is 29.0 Å². The first-order valence-corrected chi connectivity index (χ1v) is 11.8. The van der Waals surface area contributed by atoms with Gasteiger partial charge in [-0.1, -0.05) is 12.5 Å². The molecule has 1 saturated heterocycles. The molecule has 1 atom stereocenters. The summed E-state index contributed by atoms with van der Waals surface area (Å²) < 4.78 is 30.5. The second-order valence-corrected chi connectivity index (χ2v) is 8.51. The Morgan fingerprint density at radius 3 is 2.76 bits per heavy atom. The number of anilines is 1. The molecule has 10 heteroatoms. The van der Waals surface area contributed by atoms with Crippen LogP contribution in [0.3, 0.4) is 0 Å². The lowest BCUT2D eigenvalue weighted by Gasteiger charge is -2.21. The van der Waals surface area contributed by atoms with E-state index in [-0.39, 0.29) is 35.7 Å². The summed E-state index contributed by atoms with van der Waals surface area (Å²) >= 11 is 0. The number of benzene rings is 1. The van der Waals surface area contributed by atoms with E-state index in [9.17, 15) is 8.78 Å². The van der Waals surface area contributed by atoms with Gasteiger partial charge in [0.05, 0.1) is 0 Å². The average molecular weight is 573 g/mol. The molecule has 0 radical (unpaired) electrons. The largest absolute Gasteiger partial charge is 0.365 e. The van der Waals surface area contributed by atoms with Gasteiger partial charge in [-0.15, -0.1) is 34.2 Å². The SMILES string of the molecule is CCNC(=NCCCc1nnc2n1CCCCC2)NC1CCN(c2c(F)cccc2F)C1.I. The van der Waals surface area contributed by atoms with Gasteiger partial charge in [0.25, 0.3) is 0 Å². The quantitative estimate of drug-likeness (QED) is 0.229. The van der Waals surface area contributed by atoms with E-state index in [0.29, 0.717) is 19.6 Å². The molecule has 1 unspecified atom stereocenters. The van der Waals surface area contributed by atoms with Crippen molar-refractivity contribution in [3.8, 4) is 0 Å². The molecule has 7 nitrogen and oxygen atoms in total. The van der Waals surface area contributed by atoms with Gasteiger partial charge in [0.15, 0.2) is 5.96 Å². The average Bonchev–Trinajstić information content (AvgIpc) is 3.31. The van der Waals surface area contributed by atoms with Gasteiger partial charge >= 0.3 is 0 Å². The van der Waals surface area contributed by atoms with Crippen molar-refractivity contribution in [3.63, 3.8) is 0 Å². The van der Waals surface area contributed by atoms with Gasteiger partial charge in [-0.2, -0.15) is 0 Å². The number of para-hydroxylation sites is 1. The Kier molecular flexibility index (Phi) is 9.69. The summed E-state index contributed by atoms with van der Waals surface area (Å²) in [4.78, 5) is 6.48. The summed E-state index contributed by atoms with van der Waals surface area (Å²) in [6, 6.07) is 4.09. The predicted molar refractivity (Wildman–Crippen MR) is 137 cm³/mol. The molecule has 3 heterocycles.